The van der Waals surface area contributed by atoms with E-state index in [9.17, 15) is 17.6 Å². The molecule has 30 heavy (non-hydrogen) atoms. The maximum atomic E-state index is 14.3. The molecule has 0 aromatic heterocycles. The standard InChI is InChI=1S/C22H28FN3O3S/c1-24(2)30(28,29)26(21-11-7-6-10-20(21)23)17-22(27)25-14-12-19(13-15-25)16-18-8-4-3-5-9-18/h3-11,19H,12-17H2,1-2H3. The number of hydrogen-bond donors (Lipinski definition) is 0. The zero-order valence-electron chi connectivity index (χ0n) is 17.4. The molecule has 1 heterocycles. The molecule has 2 aromatic rings. The SMILES string of the molecule is CN(C)S(=O)(=O)N(CC(=O)N1CCC(Cc2ccccc2)CC1)c1ccccc1F. The number of anilines is 1. The van der Waals surface area contributed by atoms with Crippen LogP contribution in [0.3, 0.4) is 0 Å². The van der Waals surface area contributed by atoms with Crippen molar-refractivity contribution >= 4 is 21.8 Å². The van der Waals surface area contributed by atoms with Crippen LogP contribution in [0.5, 0.6) is 0 Å². The Labute approximate surface area is 178 Å². The lowest BCUT2D eigenvalue weighted by Gasteiger charge is -2.34. The fourth-order valence-corrected chi connectivity index (χ4v) is 4.76. The normalized spacial score (nSPS) is 15.4. The first-order chi connectivity index (χ1) is 14.3. The average molecular weight is 434 g/mol. The summed E-state index contributed by atoms with van der Waals surface area (Å²) in [4.78, 5) is 14.6. The molecule has 0 bridgehead atoms. The Morgan fingerprint density at radius 3 is 2.23 bits per heavy atom. The van der Waals surface area contributed by atoms with Gasteiger partial charge in [0.15, 0.2) is 0 Å². The zero-order valence-corrected chi connectivity index (χ0v) is 18.2. The first kappa shape index (κ1) is 22.2. The number of benzene rings is 2. The maximum absolute atomic E-state index is 14.3. The van der Waals surface area contributed by atoms with Gasteiger partial charge in [-0.15, -0.1) is 0 Å². The monoisotopic (exact) mass is 433 g/mol. The number of halogens is 1. The summed E-state index contributed by atoms with van der Waals surface area (Å²) in [5.41, 5.74) is 1.16. The smallest absolute Gasteiger partial charge is 0.304 e. The number of carbonyl (C=O) groups excluding carboxylic acids is 1. The number of nitrogens with zero attached hydrogens (tertiary/aromatic N) is 3. The van der Waals surface area contributed by atoms with Gasteiger partial charge in [-0.2, -0.15) is 12.7 Å². The minimum Gasteiger partial charge on any atom is -0.341 e. The molecule has 0 N–H and O–H groups in total. The highest BCUT2D eigenvalue weighted by molar-refractivity contribution is 7.90. The number of piperidine rings is 1. The molecule has 0 atom stereocenters. The van der Waals surface area contributed by atoms with Crippen LogP contribution in [0, 0.1) is 11.7 Å². The minimum absolute atomic E-state index is 0.126. The summed E-state index contributed by atoms with van der Waals surface area (Å²) in [6, 6.07) is 15.9. The van der Waals surface area contributed by atoms with Crippen LogP contribution < -0.4 is 4.31 Å². The van der Waals surface area contributed by atoms with Crippen molar-refractivity contribution in [3.63, 3.8) is 0 Å². The molecule has 162 valence electrons. The number of likely N-dealkylation sites (tertiary alicyclic amines) is 1. The summed E-state index contributed by atoms with van der Waals surface area (Å²) in [6.45, 7) is 0.720. The lowest BCUT2D eigenvalue weighted by atomic mass is 9.90. The predicted molar refractivity (Wildman–Crippen MR) is 116 cm³/mol. The average Bonchev–Trinajstić information content (AvgIpc) is 2.73. The van der Waals surface area contributed by atoms with Crippen LogP contribution in [-0.2, 0) is 21.4 Å². The van der Waals surface area contributed by atoms with Crippen molar-refractivity contribution in [3.05, 3.63) is 66.0 Å². The Kier molecular flexibility index (Phi) is 7.10. The van der Waals surface area contributed by atoms with Gasteiger partial charge in [0.05, 0.1) is 5.69 Å². The van der Waals surface area contributed by atoms with Crippen molar-refractivity contribution in [2.75, 3.05) is 38.0 Å². The second-order valence-electron chi connectivity index (χ2n) is 7.76. The molecule has 3 rings (SSSR count). The quantitative estimate of drug-likeness (QED) is 0.675. The Morgan fingerprint density at radius 1 is 1.03 bits per heavy atom. The van der Waals surface area contributed by atoms with Crippen LogP contribution in [0.4, 0.5) is 10.1 Å². The van der Waals surface area contributed by atoms with Gasteiger partial charge < -0.3 is 4.90 Å². The second-order valence-corrected chi connectivity index (χ2v) is 9.83. The van der Waals surface area contributed by atoms with E-state index < -0.39 is 22.6 Å². The molecule has 0 saturated carbocycles. The van der Waals surface area contributed by atoms with Crippen LogP contribution in [-0.4, -0.2) is 57.3 Å². The van der Waals surface area contributed by atoms with Crippen LogP contribution in [0.1, 0.15) is 18.4 Å². The zero-order chi connectivity index (χ0) is 21.7. The largest absolute Gasteiger partial charge is 0.341 e. The van der Waals surface area contributed by atoms with E-state index in [1.165, 1.54) is 37.9 Å². The van der Waals surface area contributed by atoms with E-state index in [-0.39, 0.29) is 11.6 Å². The highest BCUT2D eigenvalue weighted by atomic mass is 32.2. The first-order valence-electron chi connectivity index (χ1n) is 10.1. The van der Waals surface area contributed by atoms with Crippen molar-refractivity contribution in [2.24, 2.45) is 5.92 Å². The Balaban J connectivity index is 1.67. The molecule has 8 heteroatoms. The summed E-state index contributed by atoms with van der Waals surface area (Å²) in [7, 11) is -1.29. The molecule has 0 unspecified atom stereocenters. The number of amides is 1. The van der Waals surface area contributed by atoms with E-state index >= 15 is 0 Å². The van der Waals surface area contributed by atoms with Gasteiger partial charge in [0.25, 0.3) is 0 Å². The van der Waals surface area contributed by atoms with Gasteiger partial charge >= 0.3 is 10.2 Å². The second kappa shape index (κ2) is 9.57. The van der Waals surface area contributed by atoms with Crippen molar-refractivity contribution in [2.45, 2.75) is 19.3 Å². The molecule has 6 nitrogen and oxygen atoms in total. The van der Waals surface area contributed by atoms with Crippen LogP contribution in [0.2, 0.25) is 0 Å². The van der Waals surface area contributed by atoms with E-state index in [1.54, 1.807) is 11.0 Å². The van der Waals surface area contributed by atoms with E-state index in [0.29, 0.717) is 19.0 Å². The number of carbonyl (C=O) groups is 1. The fraction of sp³-hybridized carbons (Fsp3) is 0.409. The third-order valence-electron chi connectivity index (χ3n) is 5.47. The highest BCUT2D eigenvalue weighted by Crippen LogP contribution is 2.25. The molecule has 0 radical (unpaired) electrons. The van der Waals surface area contributed by atoms with E-state index in [4.69, 9.17) is 0 Å². The van der Waals surface area contributed by atoms with Gasteiger partial charge in [-0.1, -0.05) is 42.5 Å². The summed E-state index contributed by atoms with van der Waals surface area (Å²) in [6.07, 6.45) is 2.70. The van der Waals surface area contributed by atoms with Crippen molar-refractivity contribution in [1.29, 1.82) is 0 Å². The van der Waals surface area contributed by atoms with Gasteiger partial charge in [-0.3, -0.25) is 4.79 Å². The molecule has 0 spiro atoms. The van der Waals surface area contributed by atoms with Crippen molar-refractivity contribution < 1.29 is 17.6 Å². The predicted octanol–water partition coefficient (Wildman–Crippen LogP) is 2.92. The topological polar surface area (TPSA) is 60.9 Å². The summed E-state index contributed by atoms with van der Waals surface area (Å²) in [5, 5.41) is 0. The van der Waals surface area contributed by atoms with E-state index in [2.05, 4.69) is 12.1 Å². The summed E-state index contributed by atoms with van der Waals surface area (Å²) >= 11 is 0. The van der Waals surface area contributed by atoms with Crippen molar-refractivity contribution in [1.82, 2.24) is 9.21 Å². The number of hydrogen-bond acceptors (Lipinski definition) is 3. The molecule has 1 aliphatic rings. The molecule has 0 aliphatic carbocycles. The molecule has 2 aromatic carbocycles. The van der Waals surface area contributed by atoms with Crippen LogP contribution >= 0.6 is 0 Å². The van der Waals surface area contributed by atoms with E-state index in [1.807, 2.05) is 18.2 Å². The molecule has 1 amide bonds. The van der Waals surface area contributed by atoms with Gasteiger partial charge in [-0.25, -0.2) is 8.70 Å². The Morgan fingerprint density at radius 2 is 1.63 bits per heavy atom. The summed E-state index contributed by atoms with van der Waals surface area (Å²) in [5.74, 6) is -0.510. The minimum atomic E-state index is -4.02. The molecule has 1 fully saturated rings. The molecule has 1 saturated heterocycles. The highest BCUT2D eigenvalue weighted by Gasteiger charge is 2.32. The molecular weight excluding hydrogens is 405 g/mol. The van der Waals surface area contributed by atoms with Gasteiger partial charge in [0.1, 0.15) is 12.4 Å². The molecule has 1 aliphatic heterocycles. The van der Waals surface area contributed by atoms with Gasteiger partial charge in [0, 0.05) is 27.2 Å². The lowest BCUT2D eigenvalue weighted by molar-refractivity contribution is -0.130. The van der Waals surface area contributed by atoms with E-state index in [0.717, 1.165) is 27.9 Å². The number of para-hydroxylation sites is 1. The third kappa shape index (κ3) is 5.17. The molecular formula is C22H28FN3O3S. The third-order valence-corrected chi connectivity index (χ3v) is 7.28. The Bertz CT molecular complexity index is 959. The van der Waals surface area contributed by atoms with Crippen LogP contribution in [0.15, 0.2) is 54.6 Å². The lowest BCUT2D eigenvalue weighted by Crippen LogP contribution is -2.49. The fourth-order valence-electron chi connectivity index (χ4n) is 3.70. The summed E-state index contributed by atoms with van der Waals surface area (Å²) < 4.78 is 41.7. The van der Waals surface area contributed by atoms with Crippen LogP contribution in [0.25, 0.3) is 0 Å². The van der Waals surface area contributed by atoms with Gasteiger partial charge in [-0.05, 0) is 42.9 Å². The van der Waals surface area contributed by atoms with Crippen molar-refractivity contribution in [3.8, 4) is 0 Å². The van der Waals surface area contributed by atoms with Gasteiger partial charge in [0.2, 0.25) is 5.91 Å². The Hall–Kier alpha value is -2.45. The maximum Gasteiger partial charge on any atom is 0.304 e. The number of rotatable bonds is 7. The first-order valence-corrected chi connectivity index (χ1v) is 11.4.